The van der Waals surface area contributed by atoms with E-state index in [0.29, 0.717) is 15.7 Å². The number of hydrogen-bond acceptors (Lipinski definition) is 4. The van der Waals surface area contributed by atoms with Crippen molar-refractivity contribution in [3.63, 3.8) is 0 Å². The molecule has 0 aliphatic carbocycles. The van der Waals surface area contributed by atoms with Crippen LogP contribution in [-0.2, 0) is 16.6 Å². The highest BCUT2D eigenvalue weighted by atomic mass is 79.9. The number of aromatic hydroxyl groups is 1. The first-order valence-corrected chi connectivity index (χ1v) is 8.09. The van der Waals surface area contributed by atoms with Gasteiger partial charge in [0.1, 0.15) is 16.5 Å². The molecule has 0 saturated heterocycles. The van der Waals surface area contributed by atoms with Crippen LogP contribution >= 0.6 is 15.9 Å². The third kappa shape index (κ3) is 3.72. The lowest BCUT2D eigenvalue weighted by atomic mass is 10.2. The van der Waals surface area contributed by atoms with Gasteiger partial charge in [0.2, 0.25) is 10.0 Å². The van der Waals surface area contributed by atoms with Crippen molar-refractivity contribution in [2.24, 2.45) is 0 Å². The molecule has 2 aromatic rings. The van der Waals surface area contributed by atoms with Crippen LogP contribution in [-0.4, -0.2) is 13.5 Å². The quantitative estimate of drug-likeness (QED) is 0.565. The minimum absolute atomic E-state index is 0.0943. The molecule has 0 heterocycles. The summed E-state index contributed by atoms with van der Waals surface area (Å²) in [5.74, 6) is -0.961. The zero-order chi connectivity index (χ0) is 15.6. The number of nitrogens with one attached hydrogen (secondary N) is 1. The summed E-state index contributed by atoms with van der Waals surface area (Å²) in [4.78, 5) is -0.464. The van der Waals surface area contributed by atoms with E-state index in [1.54, 1.807) is 0 Å². The fraction of sp³-hybridized carbons (Fsp3) is 0.0769. The normalized spacial score (nSPS) is 11.5. The number of rotatable bonds is 4. The molecule has 0 radical (unpaired) electrons. The maximum atomic E-state index is 13.7. The highest BCUT2D eigenvalue weighted by Crippen LogP contribution is 2.22. The van der Waals surface area contributed by atoms with Gasteiger partial charge in [0.25, 0.3) is 0 Å². The molecule has 0 unspecified atom stereocenters. The van der Waals surface area contributed by atoms with Crippen LogP contribution in [0.3, 0.4) is 0 Å². The molecule has 21 heavy (non-hydrogen) atoms. The van der Waals surface area contributed by atoms with Gasteiger partial charge in [-0.1, -0.05) is 15.9 Å². The summed E-state index contributed by atoms with van der Waals surface area (Å²) in [6, 6.07) is 7.93. The first kappa shape index (κ1) is 15.7. The van der Waals surface area contributed by atoms with Crippen molar-refractivity contribution in [3.8, 4) is 5.75 Å². The van der Waals surface area contributed by atoms with E-state index in [4.69, 9.17) is 5.73 Å². The van der Waals surface area contributed by atoms with Crippen molar-refractivity contribution < 1.29 is 17.9 Å². The van der Waals surface area contributed by atoms with E-state index in [9.17, 15) is 17.9 Å². The lowest BCUT2D eigenvalue weighted by Crippen LogP contribution is -2.24. The van der Waals surface area contributed by atoms with Crippen molar-refractivity contribution in [2.75, 3.05) is 5.73 Å². The smallest absolute Gasteiger partial charge is 0.243 e. The summed E-state index contributed by atoms with van der Waals surface area (Å²) in [7, 11) is -4.03. The molecule has 2 rings (SSSR count). The van der Waals surface area contributed by atoms with Gasteiger partial charge >= 0.3 is 0 Å². The predicted molar refractivity (Wildman–Crippen MR) is 80.6 cm³/mol. The summed E-state index contributed by atoms with van der Waals surface area (Å²) >= 11 is 3.05. The lowest BCUT2D eigenvalue weighted by Gasteiger charge is -2.09. The zero-order valence-electron chi connectivity index (χ0n) is 10.7. The highest BCUT2D eigenvalue weighted by molar-refractivity contribution is 9.10. The minimum atomic E-state index is -4.03. The largest absolute Gasteiger partial charge is 0.508 e. The number of nitrogen functional groups attached to an aromatic ring is 1. The molecule has 112 valence electrons. The van der Waals surface area contributed by atoms with Crippen molar-refractivity contribution in [1.82, 2.24) is 4.72 Å². The van der Waals surface area contributed by atoms with Gasteiger partial charge < -0.3 is 10.8 Å². The average molecular weight is 375 g/mol. The van der Waals surface area contributed by atoms with Gasteiger partial charge in [-0.15, -0.1) is 0 Å². The van der Waals surface area contributed by atoms with E-state index < -0.39 is 20.7 Å². The van der Waals surface area contributed by atoms with Crippen LogP contribution in [0.25, 0.3) is 0 Å². The van der Waals surface area contributed by atoms with E-state index >= 15 is 0 Å². The minimum Gasteiger partial charge on any atom is -0.508 e. The fourth-order valence-electron chi connectivity index (χ4n) is 1.69. The summed E-state index contributed by atoms with van der Waals surface area (Å²) < 4.78 is 40.5. The Morgan fingerprint density at radius 2 is 1.95 bits per heavy atom. The maximum Gasteiger partial charge on any atom is 0.243 e. The topological polar surface area (TPSA) is 92.4 Å². The number of hydrogen-bond donors (Lipinski definition) is 3. The number of anilines is 1. The summed E-state index contributed by atoms with van der Waals surface area (Å²) in [6.07, 6.45) is 0. The molecule has 5 nitrogen and oxygen atoms in total. The molecule has 8 heteroatoms. The van der Waals surface area contributed by atoms with E-state index in [0.717, 1.165) is 12.1 Å². The van der Waals surface area contributed by atoms with Crippen molar-refractivity contribution >= 4 is 31.6 Å². The Bertz CT molecular complexity index is 781. The van der Waals surface area contributed by atoms with Gasteiger partial charge in [0, 0.05) is 22.3 Å². The Kier molecular flexibility index (Phi) is 4.50. The highest BCUT2D eigenvalue weighted by Gasteiger charge is 2.19. The molecule has 0 spiro atoms. The second-order valence-corrected chi connectivity index (χ2v) is 6.94. The first-order valence-electron chi connectivity index (χ1n) is 5.82. The molecule has 0 amide bonds. The third-order valence-corrected chi connectivity index (χ3v) is 4.67. The fourth-order valence-corrected chi connectivity index (χ4v) is 3.09. The Balaban J connectivity index is 2.24. The van der Waals surface area contributed by atoms with Crippen molar-refractivity contribution in [2.45, 2.75) is 11.4 Å². The van der Waals surface area contributed by atoms with Gasteiger partial charge in [-0.25, -0.2) is 17.5 Å². The molecular weight excluding hydrogens is 363 g/mol. The number of nitrogens with two attached hydrogens (primary N) is 1. The van der Waals surface area contributed by atoms with E-state index in [1.165, 1.54) is 24.3 Å². The van der Waals surface area contributed by atoms with Crippen molar-refractivity contribution in [1.29, 1.82) is 0 Å². The van der Waals surface area contributed by atoms with E-state index in [2.05, 4.69) is 20.7 Å². The van der Waals surface area contributed by atoms with E-state index in [1.807, 2.05) is 0 Å². The second-order valence-electron chi connectivity index (χ2n) is 4.29. The van der Waals surface area contributed by atoms with Crippen LogP contribution in [0, 0.1) is 5.82 Å². The van der Waals surface area contributed by atoms with Gasteiger partial charge in [-0.3, -0.25) is 0 Å². The molecule has 0 saturated carbocycles. The molecular formula is C13H12BrFN2O3S. The van der Waals surface area contributed by atoms with E-state index in [-0.39, 0.29) is 12.3 Å². The molecule has 2 aromatic carbocycles. The molecule has 4 N–H and O–H groups in total. The van der Waals surface area contributed by atoms with Crippen LogP contribution < -0.4 is 10.5 Å². The Morgan fingerprint density at radius 1 is 1.24 bits per heavy atom. The van der Waals surface area contributed by atoms with Crippen LogP contribution in [0.4, 0.5) is 10.1 Å². The molecule has 0 bridgehead atoms. The Hall–Kier alpha value is -1.64. The monoisotopic (exact) mass is 374 g/mol. The molecule has 0 aliphatic rings. The molecule has 0 aromatic heterocycles. The van der Waals surface area contributed by atoms with Crippen molar-refractivity contribution in [3.05, 3.63) is 52.3 Å². The SMILES string of the molecule is Nc1ccc(O)c(CNS(=O)(=O)c2ccc(Br)cc2F)c1. The molecule has 0 atom stereocenters. The van der Waals surface area contributed by atoms with Crippen LogP contribution in [0.5, 0.6) is 5.75 Å². The van der Waals surface area contributed by atoms with Gasteiger partial charge in [0.15, 0.2) is 0 Å². The Morgan fingerprint density at radius 3 is 2.62 bits per heavy atom. The second kappa shape index (κ2) is 6.00. The Labute approximate surface area is 129 Å². The predicted octanol–water partition coefficient (Wildman–Crippen LogP) is 2.35. The third-order valence-electron chi connectivity index (χ3n) is 2.74. The molecule has 0 aliphatic heterocycles. The lowest BCUT2D eigenvalue weighted by molar-refractivity contribution is 0.467. The number of phenols is 1. The van der Waals surface area contributed by atoms with Crippen LogP contribution in [0.2, 0.25) is 0 Å². The van der Waals surface area contributed by atoms with Crippen LogP contribution in [0.15, 0.2) is 45.8 Å². The van der Waals surface area contributed by atoms with Gasteiger partial charge in [-0.05, 0) is 36.4 Å². The summed E-state index contributed by atoms with van der Waals surface area (Å²) in [5, 5.41) is 9.62. The standard InChI is InChI=1S/C13H12BrFN2O3S/c14-9-1-4-13(11(15)6-9)21(19,20)17-7-8-5-10(16)2-3-12(8)18/h1-6,17-18H,7,16H2. The zero-order valence-corrected chi connectivity index (χ0v) is 13.1. The van der Waals surface area contributed by atoms with Crippen LogP contribution in [0.1, 0.15) is 5.56 Å². The first-order chi connectivity index (χ1) is 9.79. The molecule has 0 fully saturated rings. The maximum absolute atomic E-state index is 13.7. The number of phenolic OH excluding ortho intramolecular Hbond substituents is 1. The number of sulfonamides is 1. The summed E-state index contributed by atoms with van der Waals surface area (Å²) in [5.41, 5.74) is 6.25. The number of benzene rings is 2. The number of halogens is 2. The average Bonchev–Trinajstić information content (AvgIpc) is 2.39. The van der Waals surface area contributed by atoms with Gasteiger partial charge in [0.05, 0.1) is 0 Å². The summed E-state index contributed by atoms with van der Waals surface area (Å²) in [6.45, 7) is -0.200. The van der Waals surface area contributed by atoms with Gasteiger partial charge in [-0.2, -0.15) is 0 Å².